The number of rotatable bonds is 11. The Labute approximate surface area is 172 Å². The van der Waals surface area contributed by atoms with Gasteiger partial charge in [0.2, 0.25) is 5.90 Å². The number of aliphatic imine (C=N–C) groups is 1. The predicted octanol–water partition coefficient (Wildman–Crippen LogP) is 7.11. The lowest BCUT2D eigenvalue weighted by molar-refractivity contribution is -0.135. The van der Waals surface area contributed by atoms with Crippen molar-refractivity contribution >= 4 is 11.9 Å². The Balaban J connectivity index is 2.36. The Bertz CT molecular complexity index is 671. The third-order valence-corrected chi connectivity index (χ3v) is 4.87. The van der Waals surface area contributed by atoms with Crippen LogP contribution in [0.3, 0.4) is 0 Å². The fraction of sp³-hybridized carbons (Fsp3) is 0.600. The molecule has 0 radical (unpaired) electrons. The van der Waals surface area contributed by atoms with Gasteiger partial charge in [0.1, 0.15) is 0 Å². The second-order valence-corrected chi connectivity index (χ2v) is 8.57. The number of esters is 1. The van der Waals surface area contributed by atoms with Crippen LogP contribution in [0.5, 0.6) is 0 Å². The van der Waals surface area contributed by atoms with Crippen LogP contribution in [0.1, 0.15) is 87.0 Å². The van der Waals surface area contributed by atoms with Gasteiger partial charge in [-0.15, -0.1) is 0 Å². The molecule has 0 aromatic heterocycles. The highest BCUT2D eigenvalue weighted by atomic mass is 16.6. The number of cyclic esters (lactones) is 1. The van der Waals surface area contributed by atoms with Crippen LogP contribution in [0.15, 0.2) is 51.6 Å². The summed E-state index contributed by atoms with van der Waals surface area (Å²) >= 11 is 0. The van der Waals surface area contributed by atoms with Crippen molar-refractivity contribution in [3.05, 3.63) is 46.6 Å². The van der Waals surface area contributed by atoms with E-state index in [4.69, 9.17) is 4.74 Å². The molecule has 0 spiro atoms. The molecule has 0 unspecified atom stereocenters. The van der Waals surface area contributed by atoms with Gasteiger partial charge in [0, 0.05) is 0 Å². The van der Waals surface area contributed by atoms with Crippen LogP contribution >= 0.6 is 0 Å². The highest BCUT2D eigenvalue weighted by molar-refractivity contribution is 6.03. The van der Waals surface area contributed by atoms with Crippen molar-refractivity contribution in [2.45, 2.75) is 93.0 Å². The lowest BCUT2D eigenvalue weighted by atomic mass is 10.0. The molecule has 0 aliphatic carbocycles. The quantitative estimate of drug-likeness (QED) is 0.281. The molecule has 0 aromatic carbocycles. The molecule has 0 aromatic rings. The molecule has 1 atom stereocenters. The first-order valence-corrected chi connectivity index (χ1v) is 10.6. The zero-order valence-electron chi connectivity index (χ0n) is 19.0. The molecule has 3 nitrogen and oxygen atoms in total. The van der Waals surface area contributed by atoms with Gasteiger partial charge in [-0.05, 0) is 85.1 Å². The minimum absolute atomic E-state index is 0.175. The third-order valence-electron chi connectivity index (χ3n) is 4.87. The highest BCUT2D eigenvalue weighted by Gasteiger charge is 2.30. The molecule has 0 saturated heterocycles. The molecular formula is C25H39NO2. The van der Waals surface area contributed by atoms with Crippen molar-refractivity contribution in [1.29, 1.82) is 0 Å². The van der Waals surface area contributed by atoms with E-state index >= 15 is 0 Å². The van der Waals surface area contributed by atoms with E-state index in [0.717, 1.165) is 38.5 Å². The van der Waals surface area contributed by atoms with E-state index in [9.17, 15) is 4.79 Å². The Kier molecular flexibility index (Phi) is 10.8. The maximum Gasteiger partial charge on any atom is 0.337 e. The summed E-state index contributed by atoms with van der Waals surface area (Å²) in [5.41, 5.74) is 5.50. The molecule has 28 heavy (non-hydrogen) atoms. The summed E-state index contributed by atoms with van der Waals surface area (Å²) in [5, 5.41) is 0. The van der Waals surface area contributed by atoms with E-state index in [2.05, 4.69) is 57.8 Å². The van der Waals surface area contributed by atoms with Crippen molar-refractivity contribution in [2.75, 3.05) is 0 Å². The summed E-state index contributed by atoms with van der Waals surface area (Å²) in [6, 6.07) is -0.347. The molecule has 1 rings (SSSR count). The van der Waals surface area contributed by atoms with E-state index in [0.29, 0.717) is 5.90 Å². The average Bonchev–Trinajstić information content (AvgIpc) is 2.95. The van der Waals surface area contributed by atoms with Gasteiger partial charge in [0.15, 0.2) is 6.04 Å². The molecule has 1 aliphatic heterocycles. The van der Waals surface area contributed by atoms with Crippen LogP contribution in [0.25, 0.3) is 0 Å². The average molecular weight is 386 g/mol. The second kappa shape index (κ2) is 12.5. The molecule has 3 heteroatoms. The maximum atomic E-state index is 11.8. The van der Waals surface area contributed by atoms with Crippen molar-refractivity contribution in [3.63, 3.8) is 0 Å². The van der Waals surface area contributed by atoms with Crippen LogP contribution < -0.4 is 0 Å². The first-order valence-electron chi connectivity index (χ1n) is 10.6. The molecule has 156 valence electrons. The van der Waals surface area contributed by atoms with Crippen LogP contribution in [-0.2, 0) is 9.53 Å². The molecular weight excluding hydrogens is 346 g/mol. The minimum Gasteiger partial charge on any atom is -0.406 e. The van der Waals surface area contributed by atoms with E-state index in [1.165, 1.54) is 22.3 Å². The summed E-state index contributed by atoms with van der Waals surface area (Å²) in [7, 11) is 0. The number of nitrogens with zero attached hydrogens (tertiary/aromatic N) is 1. The Morgan fingerprint density at radius 3 is 1.86 bits per heavy atom. The highest BCUT2D eigenvalue weighted by Crippen LogP contribution is 2.18. The molecule has 0 amide bonds. The fourth-order valence-corrected chi connectivity index (χ4v) is 3.04. The van der Waals surface area contributed by atoms with Crippen molar-refractivity contribution in [1.82, 2.24) is 0 Å². The molecule has 0 saturated carbocycles. The summed E-state index contributed by atoms with van der Waals surface area (Å²) in [6.45, 7) is 14.8. The van der Waals surface area contributed by atoms with Crippen molar-refractivity contribution in [2.24, 2.45) is 10.9 Å². The van der Waals surface area contributed by atoms with E-state index in [-0.39, 0.29) is 17.9 Å². The smallest absolute Gasteiger partial charge is 0.337 e. The third kappa shape index (κ3) is 9.87. The maximum absolute atomic E-state index is 11.8. The Hall–Kier alpha value is -1.90. The standard InChI is InChI=1S/C25H39NO2/c1-18(2)11-8-12-20(5)13-9-14-21(6)15-10-16-22(7)17-23-26-24(19(3)4)25(27)28-23/h11,13,15,17,19,24H,8-10,12,14,16H2,1-7H3/b20-13+,21-15+,22-17+/t24-/m1/s1. The largest absolute Gasteiger partial charge is 0.406 e. The van der Waals surface area contributed by atoms with Gasteiger partial charge < -0.3 is 4.74 Å². The lowest BCUT2D eigenvalue weighted by Crippen LogP contribution is -2.20. The monoisotopic (exact) mass is 385 g/mol. The van der Waals surface area contributed by atoms with E-state index in [1.54, 1.807) is 0 Å². The van der Waals surface area contributed by atoms with E-state index in [1.807, 2.05) is 19.9 Å². The number of carbonyl (C=O) groups excluding carboxylic acids is 1. The van der Waals surface area contributed by atoms with Crippen LogP contribution in [0, 0.1) is 5.92 Å². The van der Waals surface area contributed by atoms with E-state index < -0.39 is 0 Å². The molecule has 0 N–H and O–H groups in total. The molecule has 0 fully saturated rings. The topological polar surface area (TPSA) is 38.7 Å². The summed E-state index contributed by atoms with van der Waals surface area (Å²) in [5.74, 6) is 0.416. The number of allylic oxidation sites excluding steroid dienone is 7. The van der Waals surface area contributed by atoms with Crippen molar-refractivity contribution in [3.8, 4) is 0 Å². The Morgan fingerprint density at radius 1 is 0.893 bits per heavy atom. The van der Waals surface area contributed by atoms with Gasteiger partial charge >= 0.3 is 5.97 Å². The number of ether oxygens (including phenoxy) is 1. The predicted molar refractivity (Wildman–Crippen MR) is 121 cm³/mol. The second-order valence-electron chi connectivity index (χ2n) is 8.57. The van der Waals surface area contributed by atoms with Gasteiger partial charge in [-0.25, -0.2) is 9.79 Å². The number of hydrogen-bond donors (Lipinski definition) is 0. The summed E-state index contributed by atoms with van der Waals surface area (Å²) in [6.07, 6.45) is 15.4. The SMILES string of the molecule is CC(C)=CCC/C(C)=C/CC/C(C)=C/CC/C(C)=C/C1=N[C@H](C(C)C)C(=O)O1. The normalized spacial score (nSPS) is 18.4. The number of carbonyl (C=O) groups is 1. The van der Waals surface area contributed by atoms with Gasteiger partial charge in [-0.3, -0.25) is 0 Å². The first kappa shape index (κ1) is 24.1. The van der Waals surface area contributed by atoms with Crippen LogP contribution in [0.2, 0.25) is 0 Å². The van der Waals surface area contributed by atoms with Gasteiger partial charge in [-0.1, -0.05) is 54.4 Å². The number of hydrogen-bond acceptors (Lipinski definition) is 3. The summed E-state index contributed by atoms with van der Waals surface area (Å²) < 4.78 is 5.26. The summed E-state index contributed by atoms with van der Waals surface area (Å²) in [4.78, 5) is 16.1. The molecule has 1 heterocycles. The van der Waals surface area contributed by atoms with Crippen LogP contribution in [-0.4, -0.2) is 17.9 Å². The van der Waals surface area contributed by atoms with Gasteiger partial charge in [0.25, 0.3) is 0 Å². The first-order chi connectivity index (χ1) is 13.2. The van der Waals surface area contributed by atoms with Crippen molar-refractivity contribution < 1.29 is 9.53 Å². The van der Waals surface area contributed by atoms with Gasteiger partial charge in [0.05, 0.1) is 0 Å². The van der Waals surface area contributed by atoms with Crippen LogP contribution in [0.4, 0.5) is 0 Å². The molecule has 1 aliphatic rings. The zero-order chi connectivity index (χ0) is 21.1. The Morgan fingerprint density at radius 2 is 1.39 bits per heavy atom. The minimum atomic E-state index is -0.347. The fourth-order valence-electron chi connectivity index (χ4n) is 3.04. The van der Waals surface area contributed by atoms with Gasteiger partial charge in [-0.2, -0.15) is 0 Å². The molecule has 0 bridgehead atoms. The zero-order valence-corrected chi connectivity index (χ0v) is 19.0. The lowest BCUT2D eigenvalue weighted by Gasteiger charge is -2.04.